The summed E-state index contributed by atoms with van der Waals surface area (Å²) in [5.41, 5.74) is 1.78. The van der Waals surface area contributed by atoms with Gasteiger partial charge in [0.15, 0.2) is 0 Å². The third-order valence-corrected chi connectivity index (χ3v) is 5.73. The highest BCUT2D eigenvalue weighted by Gasteiger charge is 2.32. The molecule has 1 aliphatic rings. The summed E-state index contributed by atoms with van der Waals surface area (Å²) in [6, 6.07) is 17.0. The van der Waals surface area contributed by atoms with E-state index in [0.717, 1.165) is 19.6 Å². The molecule has 2 amide bonds. The van der Waals surface area contributed by atoms with Crippen LogP contribution in [0.2, 0.25) is 0 Å². The zero-order valence-electron chi connectivity index (χ0n) is 18.8. The number of carbonyl (C=O) groups is 2. The molecule has 1 heterocycles. The molecule has 1 fully saturated rings. The summed E-state index contributed by atoms with van der Waals surface area (Å²) in [7, 11) is 0. The second-order valence-electron chi connectivity index (χ2n) is 8.36. The van der Waals surface area contributed by atoms with Crippen LogP contribution >= 0.6 is 0 Å². The third kappa shape index (κ3) is 6.07. The number of carbonyl (C=O) groups excluding carboxylic acids is 2. The number of amides is 2. The molecule has 0 bridgehead atoms. The van der Waals surface area contributed by atoms with Crippen molar-refractivity contribution in [2.24, 2.45) is 5.92 Å². The summed E-state index contributed by atoms with van der Waals surface area (Å²) in [4.78, 5) is 29.6. The Kier molecular flexibility index (Phi) is 8.06. The molecule has 166 valence electrons. The molecule has 6 nitrogen and oxygen atoms in total. The number of piperazine rings is 1. The first-order valence-electron chi connectivity index (χ1n) is 11.2. The highest BCUT2D eigenvalue weighted by molar-refractivity contribution is 5.99. The van der Waals surface area contributed by atoms with Crippen molar-refractivity contribution in [3.8, 4) is 5.75 Å². The maximum atomic E-state index is 13.3. The van der Waals surface area contributed by atoms with E-state index < -0.39 is 6.04 Å². The molecular weight excluding hydrogens is 390 g/mol. The molecule has 2 aromatic rings. The minimum absolute atomic E-state index is 0.00370. The van der Waals surface area contributed by atoms with Crippen molar-refractivity contribution < 1.29 is 19.2 Å². The van der Waals surface area contributed by atoms with Gasteiger partial charge in [-0.2, -0.15) is 0 Å². The first kappa shape index (κ1) is 22.8. The fourth-order valence-corrected chi connectivity index (χ4v) is 3.97. The van der Waals surface area contributed by atoms with Gasteiger partial charge in [-0.3, -0.25) is 9.59 Å². The Morgan fingerprint density at radius 2 is 1.68 bits per heavy atom. The first-order chi connectivity index (χ1) is 15.0. The van der Waals surface area contributed by atoms with Crippen molar-refractivity contribution in [1.29, 1.82) is 0 Å². The lowest BCUT2D eigenvalue weighted by Gasteiger charge is -2.35. The van der Waals surface area contributed by atoms with Crippen LogP contribution in [0.1, 0.15) is 36.7 Å². The number of rotatable bonds is 8. The van der Waals surface area contributed by atoms with Gasteiger partial charge in [0.25, 0.3) is 5.91 Å². The topological polar surface area (TPSA) is 63.1 Å². The zero-order valence-corrected chi connectivity index (χ0v) is 18.8. The zero-order chi connectivity index (χ0) is 22.2. The largest absolute Gasteiger partial charge is 0.493 e. The van der Waals surface area contributed by atoms with E-state index in [0.29, 0.717) is 31.0 Å². The number of hydrogen-bond acceptors (Lipinski definition) is 3. The molecule has 0 radical (unpaired) electrons. The standard InChI is InChI=1S/C25H33N3O3/c1-4-31-22-13-9-8-12-21(22)24(29)26-23(19(2)3)25(30)28-16-14-27(15-17-28)18-20-10-6-5-7-11-20/h5-13,19,23H,4,14-18H2,1-3H3,(H,26,29)/p+1/t23-/m0/s1. The number of quaternary nitrogens is 1. The molecule has 6 heteroatoms. The smallest absolute Gasteiger partial charge is 0.255 e. The second-order valence-corrected chi connectivity index (χ2v) is 8.36. The van der Waals surface area contributed by atoms with E-state index in [2.05, 4.69) is 29.6 Å². The van der Waals surface area contributed by atoms with Crippen molar-refractivity contribution in [3.05, 3.63) is 65.7 Å². The summed E-state index contributed by atoms with van der Waals surface area (Å²) in [5, 5.41) is 2.96. The fraction of sp³-hybridized carbons (Fsp3) is 0.440. The lowest BCUT2D eigenvalue weighted by molar-refractivity contribution is -0.917. The van der Waals surface area contributed by atoms with E-state index in [1.165, 1.54) is 10.5 Å². The molecule has 0 unspecified atom stereocenters. The lowest BCUT2D eigenvalue weighted by Crippen LogP contribution is -3.13. The molecule has 2 aromatic carbocycles. The van der Waals surface area contributed by atoms with E-state index in [9.17, 15) is 9.59 Å². The van der Waals surface area contributed by atoms with Gasteiger partial charge in [0.1, 0.15) is 18.3 Å². The van der Waals surface area contributed by atoms with Crippen molar-refractivity contribution in [3.63, 3.8) is 0 Å². The number of para-hydroxylation sites is 1. The van der Waals surface area contributed by atoms with Gasteiger partial charge in [-0.25, -0.2) is 0 Å². The molecule has 1 saturated heterocycles. The van der Waals surface area contributed by atoms with Crippen LogP contribution in [0.5, 0.6) is 5.75 Å². The molecule has 3 rings (SSSR count). The number of hydrogen-bond donors (Lipinski definition) is 2. The molecule has 0 aromatic heterocycles. The molecular formula is C25H34N3O3+. The normalized spacial score (nSPS) is 15.5. The second kappa shape index (κ2) is 11.0. The summed E-state index contributed by atoms with van der Waals surface area (Å²) < 4.78 is 5.58. The summed E-state index contributed by atoms with van der Waals surface area (Å²) in [6.45, 7) is 10.5. The number of nitrogens with one attached hydrogen (secondary N) is 2. The maximum Gasteiger partial charge on any atom is 0.255 e. The van der Waals surface area contributed by atoms with Crippen LogP contribution in [0.3, 0.4) is 0 Å². The molecule has 0 aliphatic carbocycles. The highest BCUT2D eigenvalue weighted by atomic mass is 16.5. The first-order valence-corrected chi connectivity index (χ1v) is 11.2. The van der Waals surface area contributed by atoms with E-state index in [4.69, 9.17) is 4.74 Å². The minimum atomic E-state index is -0.558. The van der Waals surface area contributed by atoms with Gasteiger partial charge in [-0.05, 0) is 25.0 Å². The summed E-state index contributed by atoms with van der Waals surface area (Å²) in [5.74, 6) is 0.251. The summed E-state index contributed by atoms with van der Waals surface area (Å²) in [6.07, 6.45) is 0. The number of ether oxygens (including phenoxy) is 1. The Balaban J connectivity index is 1.60. The van der Waals surface area contributed by atoms with Gasteiger partial charge in [-0.1, -0.05) is 56.3 Å². The van der Waals surface area contributed by atoms with Gasteiger partial charge >= 0.3 is 0 Å². The lowest BCUT2D eigenvalue weighted by atomic mass is 10.0. The molecule has 1 atom stereocenters. The van der Waals surface area contributed by atoms with Crippen LogP contribution in [-0.2, 0) is 11.3 Å². The average molecular weight is 425 g/mol. The van der Waals surface area contributed by atoms with Gasteiger partial charge in [0, 0.05) is 5.56 Å². The van der Waals surface area contributed by atoms with Crippen LogP contribution in [-0.4, -0.2) is 55.5 Å². The Morgan fingerprint density at radius 3 is 2.32 bits per heavy atom. The maximum absolute atomic E-state index is 13.3. The number of nitrogens with zero attached hydrogens (tertiary/aromatic N) is 1. The quantitative estimate of drug-likeness (QED) is 0.679. The summed E-state index contributed by atoms with van der Waals surface area (Å²) >= 11 is 0. The highest BCUT2D eigenvalue weighted by Crippen LogP contribution is 2.19. The Morgan fingerprint density at radius 1 is 1.03 bits per heavy atom. The Bertz CT molecular complexity index is 861. The molecule has 0 spiro atoms. The molecule has 2 N–H and O–H groups in total. The van der Waals surface area contributed by atoms with Crippen molar-refractivity contribution >= 4 is 11.8 Å². The van der Waals surface area contributed by atoms with Gasteiger partial charge in [-0.15, -0.1) is 0 Å². The van der Waals surface area contributed by atoms with Gasteiger partial charge < -0.3 is 19.9 Å². The number of benzene rings is 2. The van der Waals surface area contributed by atoms with Crippen LogP contribution < -0.4 is 15.0 Å². The predicted octanol–water partition coefficient (Wildman–Crippen LogP) is 1.77. The van der Waals surface area contributed by atoms with Crippen molar-refractivity contribution in [1.82, 2.24) is 10.2 Å². The van der Waals surface area contributed by atoms with Crippen LogP contribution in [0, 0.1) is 5.92 Å². The Labute approximate surface area is 185 Å². The van der Waals surface area contributed by atoms with E-state index in [1.54, 1.807) is 18.2 Å². The third-order valence-electron chi connectivity index (χ3n) is 5.73. The van der Waals surface area contributed by atoms with E-state index in [-0.39, 0.29) is 17.7 Å². The van der Waals surface area contributed by atoms with Crippen LogP contribution in [0.15, 0.2) is 54.6 Å². The Hall–Kier alpha value is -2.86. The van der Waals surface area contributed by atoms with E-state index in [1.807, 2.05) is 37.8 Å². The predicted molar refractivity (Wildman–Crippen MR) is 121 cm³/mol. The van der Waals surface area contributed by atoms with Crippen LogP contribution in [0.4, 0.5) is 0 Å². The van der Waals surface area contributed by atoms with Crippen molar-refractivity contribution in [2.75, 3.05) is 32.8 Å². The minimum Gasteiger partial charge on any atom is -0.493 e. The monoisotopic (exact) mass is 424 g/mol. The van der Waals surface area contributed by atoms with E-state index >= 15 is 0 Å². The average Bonchev–Trinajstić information content (AvgIpc) is 2.78. The van der Waals surface area contributed by atoms with Gasteiger partial charge in [0.2, 0.25) is 5.91 Å². The fourth-order valence-electron chi connectivity index (χ4n) is 3.97. The molecule has 1 aliphatic heterocycles. The van der Waals surface area contributed by atoms with Crippen LogP contribution in [0.25, 0.3) is 0 Å². The SMILES string of the molecule is CCOc1ccccc1C(=O)N[C@H](C(=O)N1CC[NH+](Cc2ccccc2)CC1)C(C)C. The molecule has 31 heavy (non-hydrogen) atoms. The molecule has 0 saturated carbocycles. The van der Waals surface area contributed by atoms with Crippen molar-refractivity contribution in [2.45, 2.75) is 33.4 Å². The van der Waals surface area contributed by atoms with Gasteiger partial charge in [0.05, 0.1) is 38.3 Å².